The average Bonchev–Trinajstić information content (AvgIpc) is 2.63. The normalized spacial score (nSPS) is 16.5. The fraction of sp³-hybridized carbons (Fsp3) is 0.333. The molecule has 10 heteroatoms. The molecule has 1 aromatic carbocycles. The van der Waals surface area contributed by atoms with Gasteiger partial charge in [0, 0.05) is 37.6 Å². The van der Waals surface area contributed by atoms with Crippen molar-refractivity contribution in [1.82, 2.24) is 14.3 Å². The zero-order chi connectivity index (χ0) is 17.9. The first-order valence-electron chi connectivity index (χ1n) is 7.64. The van der Waals surface area contributed by atoms with Crippen LogP contribution < -0.4 is 4.74 Å². The van der Waals surface area contributed by atoms with Gasteiger partial charge in [-0.05, 0) is 18.9 Å². The Balaban J connectivity index is 1.67. The molecule has 1 saturated heterocycles. The number of aromatic nitrogens is 2. The second-order valence-electron chi connectivity index (χ2n) is 5.52. The van der Waals surface area contributed by atoms with Gasteiger partial charge in [0.15, 0.2) is 0 Å². The van der Waals surface area contributed by atoms with E-state index in [9.17, 15) is 18.5 Å². The van der Waals surface area contributed by atoms with E-state index in [0.29, 0.717) is 18.7 Å². The fourth-order valence-corrected chi connectivity index (χ4v) is 4.12. The summed E-state index contributed by atoms with van der Waals surface area (Å²) in [6, 6.07) is 5.08. The Kier molecular flexibility index (Phi) is 4.91. The molecule has 1 aliphatic heterocycles. The molecule has 0 spiro atoms. The molecule has 0 unspecified atom stereocenters. The highest BCUT2D eigenvalue weighted by molar-refractivity contribution is 7.89. The van der Waals surface area contributed by atoms with Gasteiger partial charge in [-0.3, -0.25) is 15.1 Å². The summed E-state index contributed by atoms with van der Waals surface area (Å²) in [7, 11) is -3.77. The van der Waals surface area contributed by atoms with Gasteiger partial charge in [-0.25, -0.2) is 13.4 Å². The van der Waals surface area contributed by atoms with Crippen molar-refractivity contribution in [3.05, 3.63) is 53.0 Å². The van der Waals surface area contributed by atoms with E-state index in [2.05, 4.69) is 9.97 Å². The van der Waals surface area contributed by atoms with Crippen LogP contribution in [0.3, 0.4) is 0 Å². The van der Waals surface area contributed by atoms with Gasteiger partial charge >= 0.3 is 0 Å². The third-order valence-electron chi connectivity index (χ3n) is 3.89. The predicted octanol–water partition coefficient (Wildman–Crippen LogP) is 1.62. The van der Waals surface area contributed by atoms with Crippen LogP contribution in [0.2, 0.25) is 0 Å². The topological polar surface area (TPSA) is 116 Å². The predicted molar refractivity (Wildman–Crippen MR) is 87.5 cm³/mol. The van der Waals surface area contributed by atoms with Crippen LogP contribution >= 0.6 is 0 Å². The van der Waals surface area contributed by atoms with E-state index < -0.39 is 14.9 Å². The second kappa shape index (κ2) is 7.11. The number of hydrogen-bond donors (Lipinski definition) is 0. The van der Waals surface area contributed by atoms with Crippen molar-refractivity contribution in [2.45, 2.75) is 23.8 Å². The van der Waals surface area contributed by atoms with Gasteiger partial charge in [-0.2, -0.15) is 4.31 Å². The lowest BCUT2D eigenvalue weighted by atomic mass is 10.1. The number of nitrogens with zero attached hydrogens (tertiary/aromatic N) is 4. The Labute approximate surface area is 144 Å². The highest BCUT2D eigenvalue weighted by Crippen LogP contribution is 2.25. The van der Waals surface area contributed by atoms with E-state index in [1.807, 2.05) is 0 Å². The minimum absolute atomic E-state index is 0.0741. The van der Waals surface area contributed by atoms with Crippen LogP contribution in [0.15, 0.2) is 47.8 Å². The van der Waals surface area contributed by atoms with E-state index in [-0.39, 0.29) is 29.8 Å². The summed E-state index contributed by atoms with van der Waals surface area (Å²) in [4.78, 5) is 18.1. The Morgan fingerprint density at radius 3 is 2.64 bits per heavy atom. The number of sulfonamides is 1. The molecular formula is C15H16N4O5S. The summed E-state index contributed by atoms with van der Waals surface area (Å²) in [5.74, 6) is 0.405. The first kappa shape index (κ1) is 17.2. The van der Waals surface area contributed by atoms with Gasteiger partial charge < -0.3 is 4.74 Å². The van der Waals surface area contributed by atoms with Crippen LogP contribution in [-0.4, -0.2) is 46.8 Å². The van der Waals surface area contributed by atoms with Crippen LogP contribution in [0.25, 0.3) is 0 Å². The molecular weight excluding hydrogens is 348 g/mol. The molecule has 0 N–H and O–H groups in total. The van der Waals surface area contributed by atoms with Crippen molar-refractivity contribution in [2.75, 3.05) is 13.1 Å². The monoisotopic (exact) mass is 364 g/mol. The van der Waals surface area contributed by atoms with Crippen LogP contribution in [0, 0.1) is 10.1 Å². The van der Waals surface area contributed by atoms with Gasteiger partial charge in [-0.1, -0.05) is 6.07 Å². The Morgan fingerprint density at radius 2 is 2.00 bits per heavy atom. The van der Waals surface area contributed by atoms with Gasteiger partial charge in [-0.15, -0.1) is 0 Å². The van der Waals surface area contributed by atoms with Crippen LogP contribution in [0.5, 0.6) is 5.88 Å². The summed E-state index contributed by atoms with van der Waals surface area (Å²) in [6.45, 7) is 0.548. The lowest BCUT2D eigenvalue weighted by Gasteiger charge is -2.31. The first-order valence-corrected chi connectivity index (χ1v) is 9.08. The summed E-state index contributed by atoms with van der Waals surface area (Å²) >= 11 is 0. The number of ether oxygens (including phenoxy) is 1. The fourth-order valence-electron chi connectivity index (χ4n) is 2.61. The third kappa shape index (κ3) is 3.91. The van der Waals surface area contributed by atoms with E-state index in [1.54, 1.807) is 6.20 Å². The molecule has 0 aliphatic carbocycles. The summed E-state index contributed by atoms with van der Waals surface area (Å²) in [5, 5.41) is 10.8. The molecule has 0 saturated carbocycles. The molecule has 9 nitrogen and oxygen atoms in total. The molecule has 3 rings (SSSR count). The summed E-state index contributed by atoms with van der Waals surface area (Å²) in [6.07, 6.45) is 5.44. The molecule has 2 heterocycles. The smallest absolute Gasteiger partial charge is 0.270 e. The van der Waals surface area contributed by atoms with Crippen molar-refractivity contribution in [1.29, 1.82) is 0 Å². The number of benzene rings is 1. The maximum absolute atomic E-state index is 12.7. The Hall–Kier alpha value is -2.59. The quantitative estimate of drug-likeness (QED) is 0.584. The molecule has 1 aromatic heterocycles. The maximum atomic E-state index is 12.7. The lowest BCUT2D eigenvalue weighted by Crippen LogP contribution is -2.41. The van der Waals surface area contributed by atoms with Crippen LogP contribution in [0.1, 0.15) is 12.8 Å². The molecule has 0 amide bonds. The highest BCUT2D eigenvalue weighted by Gasteiger charge is 2.31. The number of hydrogen-bond acceptors (Lipinski definition) is 7. The Morgan fingerprint density at radius 1 is 1.24 bits per heavy atom. The average molecular weight is 364 g/mol. The number of nitro benzene ring substituents is 1. The standard InChI is InChI=1S/C15H16N4O5S/c20-19(21)12-2-1-3-14(10-12)25(22,23)18-8-4-13(5-9-18)24-15-11-16-6-7-17-15/h1-3,6-7,10-11,13H,4-5,8-9H2. The number of rotatable bonds is 5. The third-order valence-corrected chi connectivity index (χ3v) is 5.79. The number of non-ortho nitro benzene ring substituents is 1. The van der Waals surface area contributed by atoms with E-state index in [0.717, 1.165) is 6.07 Å². The van der Waals surface area contributed by atoms with E-state index >= 15 is 0 Å². The minimum Gasteiger partial charge on any atom is -0.473 e. The van der Waals surface area contributed by atoms with Crippen molar-refractivity contribution in [3.63, 3.8) is 0 Å². The molecule has 25 heavy (non-hydrogen) atoms. The zero-order valence-corrected chi connectivity index (χ0v) is 14.0. The lowest BCUT2D eigenvalue weighted by molar-refractivity contribution is -0.385. The van der Waals surface area contributed by atoms with Gasteiger partial charge in [0.25, 0.3) is 5.69 Å². The van der Waals surface area contributed by atoms with E-state index in [4.69, 9.17) is 4.74 Å². The maximum Gasteiger partial charge on any atom is 0.270 e. The highest BCUT2D eigenvalue weighted by atomic mass is 32.2. The summed E-state index contributed by atoms with van der Waals surface area (Å²) < 4.78 is 32.3. The molecule has 0 radical (unpaired) electrons. The van der Waals surface area contributed by atoms with Crippen LogP contribution in [-0.2, 0) is 10.0 Å². The molecule has 0 bridgehead atoms. The first-order chi connectivity index (χ1) is 12.0. The zero-order valence-electron chi connectivity index (χ0n) is 13.2. The number of nitro groups is 1. The van der Waals surface area contributed by atoms with E-state index in [1.165, 1.54) is 34.9 Å². The molecule has 0 atom stereocenters. The van der Waals surface area contributed by atoms with Gasteiger partial charge in [0.05, 0.1) is 16.0 Å². The molecule has 132 valence electrons. The number of piperidine rings is 1. The van der Waals surface area contributed by atoms with Gasteiger partial charge in [0.1, 0.15) is 6.10 Å². The largest absolute Gasteiger partial charge is 0.473 e. The minimum atomic E-state index is -3.77. The van der Waals surface area contributed by atoms with Gasteiger partial charge in [0.2, 0.25) is 15.9 Å². The van der Waals surface area contributed by atoms with Crippen molar-refractivity contribution < 1.29 is 18.1 Å². The SMILES string of the molecule is O=[N+]([O-])c1cccc(S(=O)(=O)N2CCC(Oc3cnccn3)CC2)c1. The second-order valence-corrected chi connectivity index (χ2v) is 7.46. The van der Waals surface area contributed by atoms with Crippen molar-refractivity contribution >= 4 is 15.7 Å². The molecule has 2 aromatic rings. The molecule has 1 fully saturated rings. The van der Waals surface area contributed by atoms with Crippen LogP contribution in [0.4, 0.5) is 5.69 Å². The summed E-state index contributed by atoms with van der Waals surface area (Å²) in [5.41, 5.74) is -0.248. The van der Waals surface area contributed by atoms with Crippen molar-refractivity contribution in [2.24, 2.45) is 0 Å². The van der Waals surface area contributed by atoms with Crippen molar-refractivity contribution in [3.8, 4) is 5.88 Å². The molecule has 1 aliphatic rings. The Bertz CT molecular complexity index is 851.